The monoisotopic (exact) mass is 473 g/mol. The molecule has 0 amide bonds. The van der Waals surface area contributed by atoms with E-state index in [1.54, 1.807) is 0 Å². The number of aliphatic hydroxyl groups excluding tert-OH is 1. The van der Waals surface area contributed by atoms with Crippen LogP contribution in [0.25, 0.3) is 0 Å². The Balaban J connectivity index is 2.58. The highest BCUT2D eigenvalue weighted by Crippen LogP contribution is 2.29. The quantitative estimate of drug-likeness (QED) is 0.189. The minimum atomic E-state index is -3.71. The van der Waals surface area contributed by atoms with E-state index in [4.69, 9.17) is 0 Å². The number of Topliss-reactive ketones (excluding diaryl/α,β-unsaturated/α-hetero) is 1. The lowest BCUT2D eigenvalue weighted by Gasteiger charge is -2.19. The Morgan fingerprint density at radius 3 is 1.74 bits per heavy atom. The van der Waals surface area contributed by atoms with Gasteiger partial charge in [-0.3, -0.25) is 14.2 Å². The summed E-state index contributed by atoms with van der Waals surface area (Å²) in [6, 6.07) is 3.78. The molecule has 1 heterocycles. The van der Waals surface area contributed by atoms with E-state index in [-0.39, 0.29) is 22.8 Å². The second-order valence-electron chi connectivity index (χ2n) is 6.63. The number of hydrogen-bond acceptors (Lipinski definition) is 10. The SMILES string of the molecule is CC(=O)C1=C(O)C(=C(C)Nc2cc(NS(C)(=O)=O)cc(NS(C)(=O)=O)c2)C(=O)OC1=O. The van der Waals surface area contributed by atoms with Crippen molar-refractivity contribution in [2.75, 3.05) is 27.3 Å². The maximum atomic E-state index is 12.1. The van der Waals surface area contributed by atoms with Crippen molar-refractivity contribution in [3.05, 3.63) is 40.8 Å². The molecule has 0 aromatic heterocycles. The second kappa shape index (κ2) is 8.39. The van der Waals surface area contributed by atoms with Crippen LogP contribution >= 0.6 is 0 Å². The molecule has 0 spiro atoms. The Kier molecular flexibility index (Phi) is 6.46. The van der Waals surface area contributed by atoms with Gasteiger partial charge >= 0.3 is 11.9 Å². The number of nitrogens with one attached hydrogen (secondary N) is 3. The molecule has 0 saturated heterocycles. The van der Waals surface area contributed by atoms with Crippen LogP contribution in [0.1, 0.15) is 13.8 Å². The molecule has 14 heteroatoms. The van der Waals surface area contributed by atoms with Gasteiger partial charge in [-0.25, -0.2) is 26.4 Å². The molecule has 168 valence electrons. The normalized spacial score (nSPS) is 16.5. The zero-order valence-corrected chi connectivity index (χ0v) is 18.4. The number of hydrogen-bond donors (Lipinski definition) is 4. The van der Waals surface area contributed by atoms with Crippen molar-refractivity contribution < 1.29 is 41.1 Å². The summed E-state index contributed by atoms with van der Waals surface area (Å²) in [5, 5.41) is 13.0. The Morgan fingerprint density at radius 2 is 1.32 bits per heavy atom. The lowest BCUT2D eigenvalue weighted by molar-refractivity contribution is -0.155. The zero-order chi connectivity index (χ0) is 23.7. The number of esters is 2. The molecule has 4 N–H and O–H groups in total. The summed E-state index contributed by atoms with van der Waals surface area (Å²) in [5.41, 5.74) is -1.18. The number of aliphatic hydroxyl groups is 1. The van der Waals surface area contributed by atoms with Crippen LogP contribution in [0, 0.1) is 0 Å². The van der Waals surface area contributed by atoms with Gasteiger partial charge in [0.15, 0.2) is 5.78 Å². The summed E-state index contributed by atoms with van der Waals surface area (Å²) in [6.45, 7) is 2.33. The molecule has 0 radical (unpaired) electrons. The van der Waals surface area contributed by atoms with E-state index >= 15 is 0 Å². The number of ketones is 1. The molecule has 2 rings (SSSR count). The predicted molar refractivity (Wildman–Crippen MR) is 111 cm³/mol. The molecule has 31 heavy (non-hydrogen) atoms. The number of allylic oxidation sites excluding steroid dienone is 1. The van der Waals surface area contributed by atoms with E-state index in [0.29, 0.717) is 0 Å². The van der Waals surface area contributed by atoms with Crippen LogP contribution in [0.15, 0.2) is 40.8 Å². The predicted octanol–water partition coefficient (Wildman–Crippen LogP) is 0.600. The fraction of sp³-hybridized carbons (Fsp3) is 0.235. The van der Waals surface area contributed by atoms with Crippen LogP contribution in [0.5, 0.6) is 0 Å². The van der Waals surface area contributed by atoms with Crippen LogP contribution in [-0.2, 0) is 39.2 Å². The Hall–Kier alpha value is -3.39. The standard InChI is InChI=1S/C17H19N3O9S2/c1-8(13-15(22)14(9(2)21)17(24)29-16(13)23)18-10-5-11(19-30(3,25)26)7-12(6-10)20-31(4,27)28/h5-7,18-20,22H,1-4H3. The van der Waals surface area contributed by atoms with Crippen LogP contribution in [-0.4, -0.2) is 52.2 Å². The number of benzene rings is 1. The molecule has 0 unspecified atom stereocenters. The number of anilines is 3. The van der Waals surface area contributed by atoms with E-state index in [1.165, 1.54) is 25.1 Å². The van der Waals surface area contributed by atoms with Crippen molar-refractivity contribution in [2.24, 2.45) is 0 Å². The van der Waals surface area contributed by atoms with Crippen molar-refractivity contribution in [1.82, 2.24) is 0 Å². The highest BCUT2D eigenvalue weighted by atomic mass is 32.2. The largest absolute Gasteiger partial charge is 0.506 e. The smallest absolute Gasteiger partial charge is 0.353 e. The van der Waals surface area contributed by atoms with Crippen molar-refractivity contribution in [3.8, 4) is 0 Å². The molecule has 0 aliphatic carbocycles. The third-order valence-electron chi connectivity index (χ3n) is 3.67. The molecular formula is C17H19N3O9S2. The average Bonchev–Trinajstić information content (AvgIpc) is 2.49. The molecule has 1 aromatic carbocycles. The van der Waals surface area contributed by atoms with Crippen LogP contribution < -0.4 is 14.8 Å². The number of carbonyl (C=O) groups excluding carboxylic acids is 3. The number of cyclic esters (lactones) is 2. The number of carbonyl (C=O) groups is 3. The minimum absolute atomic E-state index is 0.0120. The average molecular weight is 473 g/mol. The first-order valence-corrected chi connectivity index (χ1v) is 12.2. The van der Waals surface area contributed by atoms with E-state index in [9.17, 15) is 36.3 Å². The van der Waals surface area contributed by atoms with Gasteiger partial charge in [0.05, 0.1) is 23.9 Å². The fourth-order valence-corrected chi connectivity index (χ4v) is 3.76. The maximum absolute atomic E-state index is 12.1. The summed E-state index contributed by atoms with van der Waals surface area (Å²) < 4.78 is 55.1. The number of sulfonamides is 2. The van der Waals surface area contributed by atoms with E-state index in [0.717, 1.165) is 19.4 Å². The number of rotatable bonds is 7. The van der Waals surface area contributed by atoms with Crippen LogP contribution in [0.2, 0.25) is 0 Å². The first kappa shape index (κ1) is 23.9. The summed E-state index contributed by atoms with van der Waals surface area (Å²) in [6.07, 6.45) is 1.79. The molecule has 1 aliphatic rings. The molecule has 1 aliphatic heterocycles. The molecule has 12 nitrogen and oxygen atoms in total. The minimum Gasteiger partial charge on any atom is -0.506 e. The van der Waals surface area contributed by atoms with Gasteiger partial charge in [0.1, 0.15) is 16.9 Å². The molecule has 0 atom stereocenters. The van der Waals surface area contributed by atoms with Crippen molar-refractivity contribution >= 4 is 54.8 Å². The van der Waals surface area contributed by atoms with Gasteiger partial charge in [-0.05, 0) is 32.0 Å². The van der Waals surface area contributed by atoms with Crippen molar-refractivity contribution in [3.63, 3.8) is 0 Å². The van der Waals surface area contributed by atoms with Gasteiger partial charge in [-0.2, -0.15) is 0 Å². The first-order chi connectivity index (χ1) is 14.1. The first-order valence-electron chi connectivity index (χ1n) is 8.37. The van der Waals surface area contributed by atoms with E-state index in [2.05, 4.69) is 19.5 Å². The van der Waals surface area contributed by atoms with Gasteiger partial charge in [-0.1, -0.05) is 0 Å². The number of ether oxygens (including phenoxy) is 1. The third-order valence-corrected chi connectivity index (χ3v) is 4.88. The fourth-order valence-electron chi connectivity index (χ4n) is 2.67. The van der Waals surface area contributed by atoms with Gasteiger partial charge in [0.2, 0.25) is 20.0 Å². The molecule has 0 bridgehead atoms. The van der Waals surface area contributed by atoms with E-state index in [1.807, 2.05) is 0 Å². The third kappa shape index (κ3) is 6.29. The maximum Gasteiger partial charge on any atom is 0.353 e. The van der Waals surface area contributed by atoms with Gasteiger partial charge in [0, 0.05) is 11.4 Å². The molecule has 0 saturated carbocycles. The van der Waals surface area contributed by atoms with Crippen molar-refractivity contribution in [1.29, 1.82) is 0 Å². The lowest BCUT2D eigenvalue weighted by Crippen LogP contribution is -2.29. The molecular weight excluding hydrogens is 454 g/mol. The topological polar surface area (TPSA) is 185 Å². The lowest BCUT2D eigenvalue weighted by atomic mass is 10.0. The Bertz CT molecular complexity index is 1210. The summed E-state index contributed by atoms with van der Waals surface area (Å²) >= 11 is 0. The van der Waals surface area contributed by atoms with Crippen LogP contribution in [0.3, 0.4) is 0 Å². The second-order valence-corrected chi connectivity index (χ2v) is 10.1. The summed E-state index contributed by atoms with van der Waals surface area (Å²) in [5.74, 6) is -4.19. The molecule has 1 aromatic rings. The Labute approximate surface area is 178 Å². The molecule has 0 fully saturated rings. The van der Waals surface area contributed by atoms with Gasteiger partial charge in [0.25, 0.3) is 0 Å². The van der Waals surface area contributed by atoms with Gasteiger partial charge < -0.3 is 15.2 Å². The summed E-state index contributed by atoms with van der Waals surface area (Å²) in [4.78, 5) is 35.4. The highest BCUT2D eigenvalue weighted by molar-refractivity contribution is 7.92. The van der Waals surface area contributed by atoms with E-state index < -0.39 is 54.7 Å². The summed E-state index contributed by atoms with van der Waals surface area (Å²) in [7, 11) is -7.41. The zero-order valence-electron chi connectivity index (χ0n) is 16.8. The van der Waals surface area contributed by atoms with Gasteiger partial charge in [-0.15, -0.1) is 0 Å². The Morgan fingerprint density at radius 1 is 0.871 bits per heavy atom. The van der Waals surface area contributed by atoms with Crippen LogP contribution in [0.4, 0.5) is 17.1 Å². The van der Waals surface area contributed by atoms with Crippen molar-refractivity contribution in [2.45, 2.75) is 13.8 Å². The highest BCUT2D eigenvalue weighted by Gasteiger charge is 2.36.